The van der Waals surface area contributed by atoms with Crippen LogP contribution >= 0.6 is 8.25 Å². The van der Waals surface area contributed by atoms with Gasteiger partial charge in [-0.25, -0.2) is 0 Å². The molecule has 62 valence electrons. The van der Waals surface area contributed by atoms with Crippen molar-refractivity contribution < 1.29 is 13.6 Å². The van der Waals surface area contributed by atoms with Gasteiger partial charge in [0, 0.05) is 0 Å². The molecular formula is C6H10NO3P. The first-order valence-corrected chi connectivity index (χ1v) is 4.31. The first-order valence-electron chi connectivity index (χ1n) is 3.08. The second-order valence-corrected chi connectivity index (χ2v) is 2.68. The van der Waals surface area contributed by atoms with E-state index >= 15 is 0 Å². The zero-order chi connectivity index (χ0) is 8.53. The van der Waals surface area contributed by atoms with Crippen LogP contribution < -0.4 is 0 Å². The lowest BCUT2D eigenvalue weighted by Gasteiger charge is -1.99. The Hall–Kier alpha value is -0.620. The molecule has 0 rings (SSSR count). The quantitative estimate of drug-likeness (QED) is 0.348. The van der Waals surface area contributed by atoms with Crippen LogP contribution in [0.3, 0.4) is 0 Å². The predicted molar refractivity (Wildman–Crippen MR) is 41.3 cm³/mol. The van der Waals surface area contributed by atoms with Gasteiger partial charge in [0.15, 0.2) is 0 Å². The molecular weight excluding hydrogens is 165 g/mol. The van der Waals surface area contributed by atoms with E-state index in [4.69, 9.17) is 5.26 Å². The van der Waals surface area contributed by atoms with Gasteiger partial charge in [0.1, 0.15) is 0 Å². The van der Waals surface area contributed by atoms with Gasteiger partial charge in [0.25, 0.3) is 0 Å². The maximum atomic E-state index is 10.7. The SMILES string of the molecule is C=CCO[PH](=O)OCCC#N. The van der Waals surface area contributed by atoms with Crippen LogP contribution in [-0.4, -0.2) is 13.2 Å². The van der Waals surface area contributed by atoms with E-state index in [0.717, 1.165) is 0 Å². The molecule has 0 saturated heterocycles. The van der Waals surface area contributed by atoms with Gasteiger partial charge in [0.2, 0.25) is 0 Å². The molecule has 0 aliphatic rings. The van der Waals surface area contributed by atoms with Crippen molar-refractivity contribution >= 4 is 8.25 Å². The van der Waals surface area contributed by atoms with E-state index in [9.17, 15) is 4.57 Å². The van der Waals surface area contributed by atoms with Gasteiger partial charge in [-0.3, -0.25) is 4.57 Å². The summed E-state index contributed by atoms with van der Waals surface area (Å²) in [5.41, 5.74) is 0. The summed E-state index contributed by atoms with van der Waals surface area (Å²) >= 11 is 0. The maximum Gasteiger partial charge on any atom is 0.319 e. The Kier molecular flexibility index (Phi) is 7.06. The Morgan fingerprint density at radius 2 is 2.36 bits per heavy atom. The first-order chi connectivity index (χ1) is 5.31. The average molecular weight is 175 g/mol. The molecule has 11 heavy (non-hydrogen) atoms. The summed E-state index contributed by atoms with van der Waals surface area (Å²) < 4.78 is 19.9. The van der Waals surface area contributed by atoms with Crippen LogP contribution in [0, 0.1) is 11.3 Å². The van der Waals surface area contributed by atoms with Crippen molar-refractivity contribution in [3.05, 3.63) is 12.7 Å². The van der Waals surface area contributed by atoms with Crippen LogP contribution in [0.25, 0.3) is 0 Å². The molecule has 0 amide bonds. The molecule has 0 saturated carbocycles. The van der Waals surface area contributed by atoms with Crippen molar-refractivity contribution in [2.24, 2.45) is 0 Å². The largest absolute Gasteiger partial charge is 0.319 e. The second-order valence-electron chi connectivity index (χ2n) is 1.61. The number of nitrogens with zero attached hydrogens (tertiary/aromatic N) is 1. The highest BCUT2D eigenvalue weighted by molar-refractivity contribution is 7.33. The molecule has 4 nitrogen and oxygen atoms in total. The lowest BCUT2D eigenvalue weighted by molar-refractivity contribution is 0.246. The number of hydrogen-bond donors (Lipinski definition) is 0. The van der Waals surface area contributed by atoms with Crippen molar-refractivity contribution in [1.29, 1.82) is 5.26 Å². The standard InChI is InChI=1S/C6H10NO3P/c1-2-5-9-11(8)10-6-3-4-7/h2,11H,1,3,5-6H2. The fourth-order valence-electron chi connectivity index (χ4n) is 0.349. The molecule has 0 heterocycles. The predicted octanol–water partition coefficient (Wildman–Crippen LogP) is 1.51. The van der Waals surface area contributed by atoms with Gasteiger partial charge in [0.05, 0.1) is 25.7 Å². The van der Waals surface area contributed by atoms with Gasteiger partial charge in [-0.1, -0.05) is 6.08 Å². The van der Waals surface area contributed by atoms with Gasteiger partial charge >= 0.3 is 8.25 Å². The topological polar surface area (TPSA) is 59.3 Å². The highest BCUT2D eigenvalue weighted by atomic mass is 31.1. The van der Waals surface area contributed by atoms with Crippen molar-refractivity contribution in [3.63, 3.8) is 0 Å². The van der Waals surface area contributed by atoms with Crippen LogP contribution in [0.1, 0.15) is 6.42 Å². The summed E-state index contributed by atoms with van der Waals surface area (Å²) in [5, 5.41) is 8.08. The number of hydrogen-bond acceptors (Lipinski definition) is 4. The van der Waals surface area contributed by atoms with Gasteiger partial charge in [-0.15, -0.1) is 6.58 Å². The summed E-state index contributed by atoms with van der Waals surface area (Å²) in [5.74, 6) is 0. The lowest BCUT2D eigenvalue weighted by atomic mass is 10.5. The Morgan fingerprint density at radius 1 is 1.64 bits per heavy atom. The van der Waals surface area contributed by atoms with Crippen LogP contribution in [0.5, 0.6) is 0 Å². The zero-order valence-corrected chi connectivity index (χ0v) is 7.08. The average Bonchev–Trinajstić information content (AvgIpc) is 2.01. The van der Waals surface area contributed by atoms with Gasteiger partial charge in [-0.05, 0) is 0 Å². The summed E-state index contributed by atoms with van der Waals surface area (Å²) in [6.45, 7) is 3.74. The summed E-state index contributed by atoms with van der Waals surface area (Å²) in [6, 6.07) is 1.86. The summed E-state index contributed by atoms with van der Waals surface area (Å²) in [7, 11) is -2.40. The molecule has 5 heteroatoms. The monoisotopic (exact) mass is 175 g/mol. The smallest absolute Gasteiger partial charge is 0.310 e. The van der Waals surface area contributed by atoms with E-state index < -0.39 is 8.25 Å². The lowest BCUT2D eigenvalue weighted by Crippen LogP contribution is -1.87. The molecule has 0 bridgehead atoms. The minimum absolute atomic E-state index is 0.158. The van der Waals surface area contributed by atoms with Crippen molar-refractivity contribution in [1.82, 2.24) is 0 Å². The summed E-state index contributed by atoms with van der Waals surface area (Å²) in [6.07, 6.45) is 1.71. The molecule has 0 aliphatic carbocycles. The maximum absolute atomic E-state index is 10.7. The normalized spacial score (nSPS) is 11.9. The molecule has 0 radical (unpaired) electrons. The van der Waals surface area contributed by atoms with Crippen molar-refractivity contribution in [3.8, 4) is 6.07 Å². The Morgan fingerprint density at radius 3 is 2.91 bits per heavy atom. The fourth-order valence-corrected chi connectivity index (χ4v) is 0.955. The molecule has 0 fully saturated rings. The molecule has 0 aromatic carbocycles. The fraction of sp³-hybridized carbons (Fsp3) is 0.500. The van der Waals surface area contributed by atoms with E-state index in [2.05, 4.69) is 15.6 Å². The molecule has 1 atom stereocenters. The van der Waals surface area contributed by atoms with E-state index in [1.54, 1.807) is 0 Å². The molecule has 0 spiro atoms. The zero-order valence-electron chi connectivity index (χ0n) is 6.08. The second kappa shape index (κ2) is 7.49. The minimum atomic E-state index is -2.40. The first kappa shape index (κ1) is 10.4. The highest BCUT2D eigenvalue weighted by Gasteiger charge is 1.95. The number of nitriles is 1. The molecule has 0 aromatic heterocycles. The van der Waals surface area contributed by atoms with E-state index in [0.29, 0.717) is 0 Å². The molecule has 0 aliphatic heterocycles. The minimum Gasteiger partial charge on any atom is -0.310 e. The third-order valence-electron chi connectivity index (χ3n) is 0.753. The van der Waals surface area contributed by atoms with Gasteiger partial charge in [-0.2, -0.15) is 5.26 Å². The van der Waals surface area contributed by atoms with E-state index in [1.807, 2.05) is 6.07 Å². The summed E-state index contributed by atoms with van der Waals surface area (Å²) in [4.78, 5) is 0. The third kappa shape index (κ3) is 7.27. The van der Waals surface area contributed by atoms with Crippen LogP contribution in [0.15, 0.2) is 12.7 Å². The van der Waals surface area contributed by atoms with Crippen molar-refractivity contribution in [2.45, 2.75) is 6.42 Å². The highest BCUT2D eigenvalue weighted by Crippen LogP contribution is 2.22. The molecule has 0 aromatic rings. The Balaban J connectivity index is 3.24. The van der Waals surface area contributed by atoms with Gasteiger partial charge < -0.3 is 9.05 Å². The van der Waals surface area contributed by atoms with Crippen molar-refractivity contribution in [2.75, 3.05) is 13.2 Å². The number of rotatable bonds is 6. The van der Waals surface area contributed by atoms with E-state index in [-0.39, 0.29) is 19.6 Å². The van der Waals surface area contributed by atoms with Crippen LogP contribution in [0.4, 0.5) is 0 Å². The Bertz CT molecular complexity index is 175. The molecule has 0 N–H and O–H groups in total. The van der Waals surface area contributed by atoms with Crippen LogP contribution in [0.2, 0.25) is 0 Å². The van der Waals surface area contributed by atoms with Crippen LogP contribution in [-0.2, 0) is 13.6 Å². The molecule has 1 unspecified atom stereocenters. The van der Waals surface area contributed by atoms with E-state index in [1.165, 1.54) is 6.08 Å². The Labute approximate surface area is 66.4 Å². The third-order valence-corrected chi connectivity index (χ3v) is 1.60.